The van der Waals surface area contributed by atoms with E-state index >= 15 is 0 Å². The summed E-state index contributed by atoms with van der Waals surface area (Å²) in [6.07, 6.45) is 0. The van der Waals surface area contributed by atoms with Crippen LogP contribution in [0.25, 0.3) is 0 Å². The first-order chi connectivity index (χ1) is 12.4. The summed E-state index contributed by atoms with van der Waals surface area (Å²) in [5.74, 6) is -2.34. The number of methoxy groups -OCH3 is 1. The molecular weight excluding hydrogens is 385 g/mol. The van der Waals surface area contributed by atoms with E-state index in [1.54, 1.807) is 6.07 Å². The van der Waals surface area contributed by atoms with E-state index in [1.165, 1.54) is 19.2 Å². The third-order valence-electron chi connectivity index (χ3n) is 3.84. The molecule has 1 unspecified atom stereocenters. The van der Waals surface area contributed by atoms with Crippen LogP contribution in [-0.2, 0) is 16.1 Å². The van der Waals surface area contributed by atoms with Gasteiger partial charge in [0.25, 0.3) is 0 Å². The fraction of sp³-hybridized carbons (Fsp3) is 0.176. The maximum Gasteiger partial charge on any atom is 0.340 e. The molecule has 9 heteroatoms. The Morgan fingerprint density at radius 3 is 2.73 bits per heavy atom. The average molecular weight is 398 g/mol. The molecule has 1 aliphatic heterocycles. The van der Waals surface area contributed by atoms with Crippen molar-refractivity contribution < 1.29 is 23.8 Å². The van der Waals surface area contributed by atoms with Crippen molar-refractivity contribution in [2.75, 3.05) is 7.11 Å². The minimum absolute atomic E-state index is 0.00909. The molecule has 26 heavy (non-hydrogen) atoms. The van der Waals surface area contributed by atoms with E-state index in [0.29, 0.717) is 10.6 Å². The molecule has 3 N–H and O–H groups in total. The topological polar surface area (TPSA) is 112 Å². The summed E-state index contributed by atoms with van der Waals surface area (Å²) in [5.41, 5.74) is 5.58. The highest BCUT2D eigenvalue weighted by atomic mass is 35.5. The largest absolute Gasteiger partial charge is 0.465 e. The minimum Gasteiger partial charge on any atom is -0.465 e. The number of hydrogen-bond acceptors (Lipinski definition) is 7. The molecule has 1 aromatic carbocycles. The summed E-state index contributed by atoms with van der Waals surface area (Å²) in [6.45, 7) is -0.523. The van der Waals surface area contributed by atoms with Crippen LogP contribution in [0.15, 0.2) is 44.9 Å². The Morgan fingerprint density at radius 2 is 2.08 bits per heavy atom. The highest BCUT2D eigenvalue weighted by molar-refractivity contribution is 6.33. The van der Waals surface area contributed by atoms with E-state index in [4.69, 9.17) is 42.8 Å². The normalized spacial score (nSPS) is 16.1. The van der Waals surface area contributed by atoms with Gasteiger partial charge in [-0.25, -0.2) is 4.79 Å². The summed E-state index contributed by atoms with van der Waals surface area (Å²) in [7, 11) is 1.18. The van der Waals surface area contributed by atoms with Gasteiger partial charge in [-0.2, -0.15) is 0 Å². The number of carbonyl (C=O) groups excluding carboxylic acids is 1. The third-order valence-corrected chi connectivity index (χ3v) is 4.42. The van der Waals surface area contributed by atoms with Gasteiger partial charge in [0.05, 0.1) is 13.0 Å². The molecule has 0 amide bonds. The van der Waals surface area contributed by atoms with Crippen molar-refractivity contribution in [2.24, 2.45) is 5.73 Å². The lowest BCUT2D eigenvalue weighted by Crippen LogP contribution is -2.30. The van der Waals surface area contributed by atoms with Gasteiger partial charge in [0.1, 0.15) is 17.9 Å². The molecule has 0 radical (unpaired) electrons. The van der Waals surface area contributed by atoms with Gasteiger partial charge in [0.15, 0.2) is 5.76 Å². The van der Waals surface area contributed by atoms with Gasteiger partial charge < -0.3 is 24.7 Å². The van der Waals surface area contributed by atoms with Crippen LogP contribution in [0.1, 0.15) is 23.0 Å². The van der Waals surface area contributed by atoms with Crippen LogP contribution in [0, 0.1) is 0 Å². The van der Waals surface area contributed by atoms with Crippen LogP contribution in [0.2, 0.25) is 10.0 Å². The summed E-state index contributed by atoms with van der Waals surface area (Å²) >= 11 is 12.4. The molecule has 136 valence electrons. The molecule has 0 spiro atoms. The SMILES string of the molecule is COC(=O)C1=C(N)Oc2c(oc(CO)cc2=O)C1c1cc(Cl)ccc1Cl. The molecule has 0 saturated carbocycles. The lowest BCUT2D eigenvalue weighted by atomic mass is 9.86. The van der Waals surface area contributed by atoms with Crippen LogP contribution < -0.4 is 15.9 Å². The van der Waals surface area contributed by atoms with E-state index in [2.05, 4.69) is 0 Å². The number of ether oxygens (including phenoxy) is 2. The maximum atomic E-state index is 12.3. The van der Waals surface area contributed by atoms with E-state index in [9.17, 15) is 14.7 Å². The minimum atomic E-state index is -1.00. The highest BCUT2D eigenvalue weighted by Crippen LogP contribution is 2.44. The van der Waals surface area contributed by atoms with Gasteiger partial charge in [0, 0.05) is 16.1 Å². The first-order valence-corrected chi connectivity index (χ1v) is 8.11. The quantitative estimate of drug-likeness (QED) is 0.763. The summed E-state index contributed by atoms with van der Waals surface area (Å²) < 4.78 is 15.7. The fourth-order valence-electron chi connectivity index (χ4n) is 2.72. The Hall–Kier alpha value is -2.48. The summed E-state index contributed by atoms with van der Waals surface area (Å²) in [6, 6.07) is 5.70. The second-order valence-corrected chi connectivity index (χ2v) is 6.24. The number of aliphatic hydroxyl groups is 1. The van der Waals surface area contributed by atoms with Crippen molar-refractivity contribution in [3.8, 4) is 5.75 Å². The van der Waals surface area contributed by atoms with E-state index in [1.807, 2.05) is 0 Å². The van der Waals surface area contributed by atoms with Crippen LogP contribution in [-0.4, -0.2) is 18.2 Å². The molecule has 0 bridgehead atoms. The molecule has 2 aromatic rings. The molecule has 0 fully saturated rings. The maximum absolute atomic E-state index is 12.3. The molecule has 3 rings (SSSR count). The first kappa shape index (κ1) is 18.3. The molecule has 2 heterocycles. The number of esters is 1. The van der Waals surface area contributed by atoms with Crippen molar-refractivity contribution in [3.63, 3.8) is 0 Å². The Bertz CT molecular complexity index is 982. The smallest absolute Gasteiger partial charge is 0.340 e. The predicted molar refractivity (Wildman–Crippen MR) is 93.1 cm³/mol. The van der Waals surface area contributed by atoms with Gasteiger partial charge in [-0.15, -0.1) is 0 Å². The van der Waals surface area contributed by atoms with Crippen molar-refractivity contribution >= 4 is 29.2 Å². The van der Waals surface area contributed by atoms with Crippen molar-refractivity contribution in [2.45, 2.75) is 12.5 Å². The van der Waals surface area contributed by atoms with Gasteiger partial charge in [-0.3, -0.25) is 4.79 Å². The van der Waals surface area contributed by atoms with E-state index in [-0.39, 0.29) is 33.7 Å². The Kier molecular flexibility index (Phi) is 4.95. The molecule has 1 aliphatic rings. The lowest BCUT2D eigenvalue weighted by molar-refractivity contribution is -0.136. The van der Waals surface area contributed by atoms with Crippen molar-refractivity contribution in [1.29, 1.82) is 0 Å². The van der Waals surface area contributed by atoms with Gasteiger partial charge in [0.2, 0.25) is 17.1 Å². The van der Waals surface area contributed by atoms with Crippen LogP contribution in [0.3, 0.4) is 0 Å². The summed E-state index contributed by atoms with van der Waals surface area (Å²) in [4.78, 5) is 24.6. The zero-order chi connectivity index (χ0) is 19.0. The number of aliphatic hydroxyl groups excluding tert-OH is 1. The Morgan fingerprint density at radius 1 is 1.35 bits per heavy atom. The van der Waals surface area contributed by atoms with Gasteiger partial charge in [-0.1, -0.05) is 23.2 Å². The molecule has 0 aliphatic carbocycles. The van der Waals surface area contributed by atoms with Crippen LogP contribution in [0.5, 0.6) is 5.75 Å². The molecule has 1 aromatic heterocycles. The molecular formula is C17H13Cl2NO6. The van der Waals surface area contributed by atoms with Crippen LogP contribution in [0.4, 0.5) is 0 Å². The standard InChI is InChI=1S/C17H13Cl2NO6/c1-24-17(23)13-12(9-4-7(18)2-3-10(9)19)15-14(26-16(13)20)11(22)5-8(6-21)25-15/h2-5,12,21H,6,20H2,1H3. The number of halogens is 2. The zero-order valence-electron chi connectivity index (χ0n) is 13.4. The Labute approximate surface area is 157 Å². The number of nitrogens with two attached hydrogens (primary N) is 1. The predicted octanol–water partition coefficient (Wildman–Crippen LogP) is 2.31. The molecule has 0 saturated heterocycles. The molecule has 1 atom stereocenters. The van der Waals surface area contributed by atoms with Gasteiger partial charge in [-0.05, 0) is 23.8 Å². The second-order valence-electron chi connectivity index (χ2n) is 5.40. The lowest BCUT2D eigenvalue weighted by Gasteiger charge is -2.27. The number of hydrogen-bond donors (Lipinski definition) is 2. The number of carbonyl (C=O) groups is 1. The van der Waals surface area contributed by atoms with Crippen LogP contribution >= 0.6 is 23.2 Å². The second kappa shape index (κ2) is 7.03. The van der Waals surface area contributed by atoms with Crippen molar-refractivity contribution in [1.82, 2.24) is 0 Å². The molecule has 7 nitrogen and oxygen atoms in total. The van der Waals surface area contributed by atoms with E-state index in [0.717, 1.165) is 6.07 Å². The van der Waals surface area contributed by atoms with Gasteiger partial charge >= 0.3 is 5.97 Å². The fourth-order valence-corrected chi connectivity index (χ4v) is 3.13. The average Bonchev–Trinajstić information content (AvgIpc) is 2.62. The number of benzene rings is 1. The van der Waals surface area contributed by atoms with E-state index < -0.39 is 23.9 Å². The highest BCUT2D eigenvalue weighted by Gasteiger charge is 2.40. The van der Waals surface area contributed by atoms with Crippen molar-refractivity contribution in [3.05, 3.63) is 73.1 Å². The third kappa shape index (κ3) is 3.05. The number of rotatable bonds is 3. The Balaban J connectivity index is 2.36. The first-order valence-electron chi connectivity index (χ1n) is 7.35. The zero-order valence-corrected chi connectivity index (χ0v) is 14.9. The summed E-state index contributed by atoms with van der Waals surface area (Å²) in [5, 5.41) is 9.95. The monoisotopic (exact) mass is 397 g/mol. The number of fused-ring (bicyclic) bond motifs is 1.